The van der Waals surface area contributed by atoms with Crippen LogP contribution in [0.2, 0.25) is 0 Å². The fourth-order valence-corrected chi connectivity index (χ4v) is 2.50. The number of thiophene rings is 1. The number of hydrogen-bond donors (Lipinski definition) is 1. The molecule has 0 saturated carbocycles. The molecule has 0 aliphatic rings. The molecule has 2 rings (SSSR count). The maximum absolute atomic E-state index is 4.21. The highest BCUT2D eigenvalue weighted by atomic mass is 32.1. The van der Waals surface area contributed by atoms with Crippen molar-refractivity contribution < 1.29 is 0 Å². The zero-order chi connectivity index (χ0) is 9.64. The van der Waals surface area contributed by atoms with Crippen LogP contribution >= 0.6 is 22.7 Å². The third-order valence-electron chi connectivity index (χ3n) is 1.89. The summed E-state index contributed by atoms with van der Waals surface area (Å²) < 4.78 is 0. The molecule has 14 heavy (non-hydrogen) atoms. The van der Waals surface area contributed by atoms with Crippen molar-refractivity contribution >= 4 is 22.7 Å². The Bertz CT molecular complexity index is 304. The molecule has 0 bridgehead atoms. The molecular weight excluding hydrogens is 212 g/mol. The van der Waals surface area contributed by atoms with Crippen molar-refractivity contribution in [2.24, 2.45) is 0 Å². The monoisotopic (exact) mass is 224 g/mol. The molecule has 0 fully saturated rings. The number of nitrogens with one attached hydrogen (secondary N) is 1. The van der Waals surface area contributed by atoms with Gasteiger partial charge in [-0.2, -0.15) is 0 Å². The predicted molar refractivity (Wildman–Crippen MR) is 61.8 cm³/mol. The minimum Gasteiger partial charge on any atom is -0.310 e. The molecule has 4 heteroatoms. The number of rotatable bonds is 5. The van der Waals surface area contributed by atoms with Crippen molar-refractivity contribution in [3.05, 3.63) is 39.0 Å². The smallest absolute Gasteiger partial charge is 0.106 e. The Balaban J connectivity index is 1.65. The van der Waals surface area contributed by atoms with E-state index in [1.165, 1.54) is 4.88 Å². The van der Waals surface area contributed by atoms with Gasteiger partial charge >= 0.3 is 0 Å². The van der Waals surface area contributed by atoms with Crippen LogP contribution in [0.25, 0.3) is 0 Å². The lowest BCUT2D eigenvalue weighted by Gasteiger charge is -2.00. The Hall–Kier alpha value is -0.710. The summed E-state index contributed by atoms with van der Waals surface area (Å²) in [5, 5.41) is 8.68. The minimum atomic E-state index is 0.892. The molecule has 0 spiro atoms. The van der Waals surface area contributed by atoms with E-state index in [0.29, 0.717) is 0 Å². The van der Waals surface area contributed by atoms with Gasteiger partial charge in [0.2, 0.25) is 0 Å². The van der Waals surface area contributed by atoms with Gasteiger partial charge in [-0.25, -0.2) is 4.98 Å². The molecule has 2 aromatic rings. The number of aromatic nitrogens is 1. The van der Waals surface area contributed by atoms with E-state index in [-0.39, 0.29) is 0 Å². The van der Waals surface area contributed by atoms with Crippen LogP contribution in [-0.4, -0.2) is 11.5 Å². The predicted octanol–water partition coefficient (Wildman–Crippen LogP) is 2.54. The molecule has 0 unspecified atom stereocenters. The topological polar surface area (TPSA) is 24.9 Å². The lowest BCUT2D eigenvalue weighted by Crippen LogP contribution is -2.15. The van der Waals surface area contributed by atoms with E-state index < -0.39 is 0 Å². The second-order valence-corrected chi connectivity index (χ2v) is 4.94. The Morgan fingerprint density at radius 2 is 2.29 bits per heavy atom. The second kappa shape index (κ2) is 5.24. The van der Waals surface area contributed by atoms with Crippen molar-refractivity contribution in [2.45, 2.75) is 13.0 Å². The molecule has 0 aliphatic carbocycles. The van der Waals surface area contributed by atoms with Gasteiger partial charge in [-0.1, -0.05) is 6.07 Å². The average molecular weight is 224 g/mol. The summed E-state index contributed by atoms with van der Waals surface area (Å²) in [6, 6.07) is 4.27. The number of hydrogen-bond acceptors (Lipinski definition) is 4. The maximum atomic E-state index is 4.21. The first-order valence-corrected chi connectivity index (χ1v) is 6.32. The van der Waals surface area contributed by atoms with Crippen molar-refractivity contribution in [2.75, 3.05) is 6.54 Å². The third kappa shape index (κ3) is 2.90. The third-order valence-corrected chi connectivity index (χ3v) is 3.60. The summed E-state index contributed by atoms with van der Waals surface area (Å²) >= 11 is 3.52. The standard InChI is InChI=1S/C10H12N2S2/c1-2-9(13-6-1)3-4-11-8-10-12-5-7-14-10/h1-2,5-7,11H,3-4,8H2. The van der Waals surface area contributed by atoms with Crippen molar-refractivity contribution in [1.82, 2.24) is 10.3 Å². The van der Waals surface area contributed by atoms with E-state index >= 15 is 0 Å². The molecule has 2 nitrogen and oxygen atoms in total. The van der Waals surface area contributed by atoms with Gasteiger partial charge in [0.05, 0.1) is 0 Å². The van der Waals surface area contributed by atoms with E-state index in [1.807, 2.05) is 22.9 Å². The summed E-state index contributed by atoms with van der Waals surface area (Å²) in [6.45, 7) is 1.92. The van der Waals surface area contributed by atoms with Gasteiger partial charge in [0.1, 0.15) is 5.01 Å². The molecule has 0 amide bonds. The lowest BCUT2D eigenvalue weighted by molar-refractivity contribution is 0.687. The van der Waals surface area contributed by atoms with Gasteiger partial charge < -0.3 is 5.32 Å². The summed E-state index contributed by atoms with van der Waals surface area (Å²) in [7, 11) is 0. The second-order valence-electron chi connectivity index (χ2n) is 2.93. The molecule has 2 heterocycles. The molecule has 1 N–H and O–H groups in total. The highest BCUT2D eigenvalue weighted by molar-refractivity contribution is 7.10. The van der Waals surface area contributed by atoms with Crippen LogP contribution in [0.5, 0.6) is 0 Å². The van der Waals surface area contributed by atoms with Crippen LogP contribution in [0.15, 0.2) is 29.1 Å². The van der Waals surface area contributed by atoms with Gasteiger partial charge in [-0.05, 0) is 17.9 Å². The van der Waals surface area contributed by atoms with Gasteiger partial charge in [0.15, 0.2) is 0 Å². The minimum absolute atomic E-state index is 0.892. The summed E-state index contributed by atoms with van der Waals surface area (Å²) in [5.41, 5.74) is 0. The normalized spacial score (nSPS) is 10.6. The Morgan fingerprint density at radius 3 is 3.00 bits per heavy atom. The lowest BCUT2D eigenvalue weighted by atomic mass is 10.3. The van der Waals surface area contributed by atoms with Crippen LogP contribution in [0.3, 0.4) is 0 Å². The van der Waals surface area contributed by atoms with Gasteiger partial charge in [0, 0.05) is 29.5 Å². The Labute approximate surface area is 91.6 Å². The average Bonchev–Trinajstić information content (AvgIpc) is 2.86. The largest absolute Gasteiger partial charge is 0.310 e. The number of nitrogens with zero attached hydrogens (tertiary/aromatic N) is 1. The first-order valence-electron chi connectivity index (χ1n) is 4.56. The molecule has 0 aliphatic heterocycles. The summed E-state index contributed by atoms with van der Waals surface area (Å²) in [4.78, 5) is 5.65. The molecule has 0 radical (unpaired) electrons. The van der Waals surface area contributed by atoms with Crippen molar-refractivity contribution in [1.29, 1.82) is 0 Å². The SMILES string of the molecule is c1csc(CCNCc2nccs2)c1. The molecular formula is C10H12N2S2. The fourth-order valence-electron chi connectivity index (χ4n) is 1.20. The van der Waals surface area contributed by atoms with Crippen LogP contribution in [-0.2, 0) is 13.0 Å². The van der Waals surface area contributed by atoms with E-state index in [9.17, 15) is 0 Å². The Morgan fingerprint density at radius 1 is 1.29 bits per heavy atom. The first kappa shape index (κ1) is 9.83. The molecule has 0 aromatic carbocycles. The summed E-state index contributed by atoms with van der Waals surface area (Å²) in [5.74, 6) is 0. The number of thiazole rings is 1. The van der Waals surface area contributed by atoms with E-state index in [1.54, 1.807) is 11.3 Å². The first-order chi connectivity index (χ1) is 6.95. The highest BCUT2D eigenvalue weighted by Gasteiger charge is 1.95. The Kier molecular flexibility index (Phi) is 3.68. The zero-order valence-electron chi connectivity index (χ0n) is 7.77. The van der Waals surface area contributed by atoms with Gasteiger partial charge in [-0.15, -0.1) is 22.7 Å². The van der Waals surface area contributed by atoms with Gasteiger partial charge in [-0.3, -0.25) is 0 Å². The molecule has 74 valence electrons. The van der Waals surface area contributed by atoms with E-state index in [4.69, 9.17) is 0 Å². The summed E-state index contributed by atoms with van der Waals surface area (Å²) in [6.07, 6.45) is 2.96. The van der Waals surface area contributed by atoms with Crippen LogP contribution in [0, 0.1) is 0 Å². The zero-order valence-corrected chi connectivity index (χ0v) is 9.40. The quantitative estimate of drug-likeness (QED) is 0.789. The van der Waals surface area contributed by atoms with Crippen molar-refractivity contribution in [3.8, 4) is 0 Å². The van der Waals surface area contributed by atoms with Gasteiger partial charge in [0.25, 0.3) is 0 Å². The van der Waals surface area contributed by atoms with E-state index in [2.05, 4.69) is 27.8 Å². The maximum Gasteiger partial charge on any atom is 0.106 e. The fraction of sp³-hybridized carbons (Fsp3) is 0.300. The molecule has 2 aromatic heterocycles. The van der Waals surface area contributed by atoms with Crippen LogP contribution in [0.1, 0.15) is 9.88 Å². The van der Waals surface area contributed by atoms with Crippen molar-refractivity contribution in [3.63, 3.8) is 0 Å². The highest BCUT2D eigenvalue weighted by Crippen LogP contribution is 2.08. The molecule has 0 saturated heterocycles. The van der Waals surface area contributed by atoms with Crippen LogP contribution < -0.4 is 5.32 Å². The van der Waals surface area contributed by atoms with Crippen LogP contribution in [0.4, 0.5) is 0 Å². The molecule has 0 atom stereocenters. The van der Waals surface area contributed by atoms with E-state index in [0.717, 1.165) is 24.5 Å².